The molecular formula is C20H27N3O4S2. The van der Waals surface area contributed by atoms with Gasteiger partial charge in [0.1, 0.15) is 0 Å². The van der Waals surface area contributed by atoms with Crippen LogP contribution in [0.25, 0.3) is 0 Å². The third-order valence-corrected chi connectivity index (χ3v) is 8.77. The SMILES string of the molecule is CC(C)N(CCN1[C@H](C)Cc2ccsc2[C@@H]1C)S(=O)(=O)c1ccc([N+](=O)[O-])cc1. The second-order valence-corrected chi connectivity index (χ2v) is 10.6. The minimum Gasteiger partial charge on any atom is -0.291 e. The summed E-state index contributed by atoms with van der Waals surface area (Å²) >= 11 is 1.76. The van der Waals surface area contributed by atoms with E-state index in [1.807, 2.05) is 13.8 Å². The molecule has 2 heterocycles. The fraction of sp³-hybridized carbons (Fsp3) is 0.500. The largest absolute Gasteiger partial charge is 0.291 e. The van der Waals surface area contributed by atoms with E-state index in [-0.39, 0.29) is 22.7 Å². The topological polar surface area (TPSA) is 83.8 Å². The van der Waals surface area contributed by atoms with Gasteiger partial charge in [-0.2, -0.15) is 4.31 Å². The first-order chi connectivity index (χ1) is 13.6. The van der Waals surface area contributed by atoms with E-state index in [1.165, 1.54) is 39.0 Å². The number of hydrogen-bond donors (Lipinski definition) is 0. The van der Waals surface area contributed by atoms with Crippen molar-refractivity contribution in [1.82, 2.24) is 9.21 Å². The van der Waals surface area contributed by atoms with Gasteiger partial charge in [0.15, 0.2) is 0 Å². The number of rotatable bonds is 7. The molecule has 1 aromatic heterocycles. The van der Waals surface area contributed by atoms with E-state index >= 15 is 0 Å². The predicted octanol–water partition coefficient (Wildman–Crippen LogP) is 4.06. The number of nitrogens with zero attached hydrogens (tertiary/aromatic N) is 3. The minimum absolute atomic E-state index is 0.0806. The Labute approximate surface area is 176 Å². The molecule has 2 aromatic rings. The lowest BCUT2D eigenvalue weighted by atomic mass is 9.97. The lowest BCUT2D eigenvalue weighted by Crippen LogP contribution is -2.47. The summed E-state index contributed by atoms with van der Waals surface area (Å²) in [4.78, 5) is 14.1. The van der Waals surface area contributed by atoms with E-state index in [1.54, 1.807) is 11.3 Å². The van der Waals surface area contributed by atoms with Crippen LogP contribution in [0.2, 0.25) is 0 Å². The van der Waals surface area contributed by atoms with Crippen molar-refractivity contribution in [2.75, 3.05) is 13.1 Å². The van der Waals surface area contributed by atoms with Crippen LogP contribution in [-0.2, 0) is 16.4 Å². The Hall–Kier alpha value is -1.81. The van der Waals surface area contributed by atoms with Crippen molar-refractivity contribution in [1.29, 1.82) is 0 Å². The molecule has 1 aliphatic heterocycles. The van der Waals surface area contributed by atoms with Crippen LogP contribution in [-0.4, -0.2) is 47.7 Å². The normalized spacial score (nSPS) is 20.2. The highest BCUT2D eigenvalue weighted by molar-refractivity contribution is 7.89. The third kappa shape index (κ3) is 4.37. The summed E-state index contributed by atoms with van der Waals surface area (Å²) in [5.74, 6) is 0. The summed E-state index contributed by atoms with van der Waals surface area (Å²) in [5.41, 5.74) is 1.27. The minimum atomic E-state index is -3.74. The molecule has 0 radical (unpaired) electrons. The van der Waals surface area contributed by atoms with E-state index < -0.39 is 14.9 Å². The van der Waals surface area contributed by atoms with Gasteiger partial charge in [0.05, 0.1) is 9.82 Å². The summed E-state index contributed by atoms with van der Waals surface area (Å²) in [5, 5.41) is 13.0. The average molecular weight is 438 g/mol. The van der Waals surface area contributed by atoms with Gasteiger partial charge >= 0.3 is 0 Å². The third-order valence-electron chi connectivity index (χ3n) is 5.55. The number of nitro benzene ring substituents is 1. The maximum Gasteiger partial charge on any atom is 0.269 e. The molecule has 0 fully saturated rings. The molecule has 9 heteroatoms. The van der Waals surface area contributed by atoms with Crippen LogP contribution in [0.3, 0.4) is 0 Å². The highest BCUT2D eigenvalue weighted by Gasteiger charge is 2.33. The zero-order valence-corrected chi connectivity index (χ0v) is 18.7. The van der Waals surface area contributed by atoms with Crippen LogP contribution < -0.4 is 0 Å². The Morgan fingerprint density at radius 3 is 2.48 bits per heavy atom. The Bertz CT molecular complexity index is 970. The number of thiophene rings is 1. The van der Waals surface area contributed by atoms with Gasteiger partial charge in [0.2, 0.25) is 10.0 Å². The molecule has 3 rings (SSSR count). The monoisotopic (exact) mass is 437 g/mol. The fourth-order valence-electron chi connectivity index (χ4n) is 4.01. The number of sulfonamides is 1. The number of nitro groups is 1. The molecule has 0 amide bonds. The molecule has 7 nitrogen and oxygen atoms in total. The van der Waals surface area contributed by atoms with E-state index in [2.05, 4.69) is 30.2 Å². The van der Waals surface area contributed by atoms with Crippen molar-refractivity contribution < 1.29 is 13.3 Å². The molecule has 0 aliphatic carbocycles. The lowest BCUT2D eigenvalue weighted by Gasteiger charge is -2.40. The van der Waals surface area contributed by atoms with Crippen molar-refractivity contribution in [3.63, 3.8) is 0 Å². The van der Waals surface area contributed by atoms with Crippen molar-refractivity contribution in [3.05, 3.63) is 56.3 Å². The van der Waals surface area contributed by atoms with E-state index in [0.717, 1.165) is 6.42 Å². The molecule has 1 aromatic carbocycles. The van der Waals surface area contributed by atoms with Crippen molar-refractivity contribution in [3.8, 4) is 0 Å². The quantitative estimate of drug-likeness (QED) is 0.482. The Morgan fingerprint density at radius 2 is 1.90 bits per heavy atom. The van der Waals surface area contributed by atoms with Gasteiger partial charge in [0.25, 0.3) is 5.69 Å². The van der Waals surface area contributed by atoms with Crippen molar-refractivity contribution in [2.24, 2.45) is 0 Å². The van der Waals surface area contributed by atoms with Crippen LogP contribution in [0.15, 0.2) is 40.6 Å². The zero-order valence-electron chi connectivity index (χ0n) is 17.1. The second kappa shape index (κ2) is 8.51. The fourth-order valence-corrected chi connectivity index (χ4v) is 6.65. The van der Waals surface area contributed by atoms with Gasteiger partial charge in [-0.15, -0.1) is 11.3 Å². The molecular weight excluding hydrogens is 410 g/mol. The Morgan fingerprint density at radius 1 is 1.24 bits per heavy atom. The summed E-state index contributed by atoms with van der Waals surface area (Å²) in [6.07, 6.45) is 0.972. The maximum atomic E-state index is 13.2. The summed E-state index contributed by atoms with van der Waals surface area (Å²) in [6, 6.07) is 7.65. The predicted molar refractivity (Wildman–Crippen MR) is 115 cm³/mol. The molecule has 0 N–H and O–H groups in total. The number of non-ortho nitro benzene ring substituents is 1. The van der Waals surface area contributed by atoms with Crippen LogP contribution in [0.1, 0.15) is 44.2 Å². The maximum absolute atomic E-state index is 13.2. The van der Waals surface area contributed by atoms with Crippen LogP contribution in [0, 0.1) is 10.1 Å². The van der Waals surface area contributed by atoms with E-state index in [0.29, 0.717) is 19.1 Å². The summed E-state index contributed by atoms with van der Waals surface area (Å²) in [7, 11) is -3.74. The second-order valence-electron chi connectivity index (χ2n) is 7.74. The van der Waals surface area contributed by atoms with Crippen molar-refractivity contribution >= 4 is 27.0 Å². The van der Waals surface area contributed by atoms with Gasteiger partial charge in [-0.3, -0.25) is 15.0 Å². The highest BCUT2D eigenvalue weighted by Crippen LogP contribution is 2.36. The molecule has 2 atom stereocenters. The summed E-state index contributed by atoms with van der Waals surface area (Å²) < 4.78 is 27.9. The van der Waals surface area contributed by atoms with Crippen LogP contribution >= 0.6 is 11.3 Å². The first kappa shape index (κ1) is 21.9. The standard InChI is InChI=1S/C20H27N3O4S2/c1-14(2)22(29(26,27)19-7-5-18(6-8-19)23(24)25)11-10-21-15(3)13-17-9-12-28-20(17)16(21)4/h5-9,12,14-16H,10-11,13H2,1-4H3/t15-,16+/m1/s1. The smallest absolute Gasteiger partial charge is 0.269 e. The molecule has 0 spiro atoms. The molecule has 29 heavy (non-hydrogen) atoms. The van der Waals surface area contributed by atoms with Crippen LogP contribution in [0.5, 0.6) is 0 Å². The molecule has 1 aliphatic rings. The van der Waals surface area contributed by atoms with Crippen molar-refractivity contribution in [2.45, 2.75) is 57.1 Å². The van der Waals surface area contributed by atoms with Crippen LogP contribution in [0.4, 0.5) is 5.69 Å². The number of hydrogen-bond acceptors (Lipinski definition) is 6. The molecule has 0 unspecified atom stereocenters. The zero-order chi connectivity index (χ0) is 21.3. The first-order valence-electron chi connectivity index (χ1n) is 9.71. The van der Waals surface area contributed by atoms with Gasteiger partial charge in [-0.05, 0) is 63.3 Å². The van der Waals surface area contributed by atoms with E-state index in [9.17, 15) is 18.5 Å². The number of benzene rings is 1. The van der Waals surface area contributed by atoms with Gasteiger partial charge in [-0.1, -0.05) is 0 Å². The Kier molecular flexibility index (Phi) is 6.42. The Balaban J connectivity index is 1.79. The van der Waals surface area contributed by atoms with Gasteiger partial charge < -0.3 is 0 Å². The lowest BCUT2D eigenvalue weighted by molar-refractivity contribution is -0.384. The van der Waals surface area contributed by atoms with Gasteiger partial charge in [-0.25, -0.2) is 8.42 Å². The molecule has 0 saturated heterocycles. The van der Waals surface area contributed by atoms with Gasteiger partial charge in [0, 0.05) is 48.2 Å². The molecule has 0 saturated carbocycles. The highest BCUT2D eigenvalue weighted by atomic mass is 32.2. The first-order valence-corrected chi connectivity index (χ1v) is 12.0. The summed E-state index contributed by atoms with van der Waals surface area (Å²) in [6.45, 7) is 9.06. The van der Waals surface area contributed by atoms with E-state index in [4.69, 9.17) is 0 Å². The molecule has 0 bridgehead atoms. The molecule has 158 valence electrons. The average Bonchev–Trinajstić information content (AvgIpc) is 3.12. The number of fused-ring (bicyclic) bond motifs is 1.